The van der Waals surface area contributed by atoms with E-state index in [4.69, 9.17) is 13.8 Å². The van der Waals surface area contributed by atoms with Crippen LogP contribution in [0.2, 0.25) is 0 Å². The van der Waals surface area contributed by atoms with Gasteiger partial charge in [0.15, 0.2) is 5.78 Å². The third-order valence-electron chi connectivity index (χ3n) is 3.45. The van der Waals surface area contributed by atoms with Crippen LogP contribution in [0, 0.1) is 11.8 Å². The van der Waals surface area contributed by atoms with Crippen molar-refractivity contribution in [2.24, 2.45) is 0 Å². The Morgan fingerprint density at radius 1 is 1.00 bits per heavy atom. The molecule has 1 atom stereocenters. The molecule has 138 valence electrons. The maximum Gasteiger partial charge on any atom is 0.364 e. The van der Waals surface area contributed by atoms with Crippen molar-refractivity contribution in [1.29, 1.82) is 0 Å². The molecule has 0 aliphatic carbocycles. The molecule has 0 spiro atoms. The molecular formula is C20H24NO4P. The van der Waals surface area contributed by atoms with Crippen LogP contribution in [-0.4, -0.2) is 26.1 Å². The Morgan fingerprint density at radius 2 is 1.62 bits per heavy atom. The van der Waals surface area contributed by atoms with Gasteiger partial charge >= 0.3 is 7.60 Å². The normalized spacial score (nSPS) is 12.0. The lowest BCUT2D eigenvalue weighted by Crippen LogP contribution is -2.21. The van der Waals surface area contributed by atoms with E-state index in [-0.39, 0.29) is 13.2 Å². The lowest BCUT2D eigenvalue weighted by molar-refractivity contribution is 0.218. The molecule has 6 heteroatoms. The zero-order valence-electron chi connectivity index (χ0n) is 15.3. The molecule has 0 radical (unpaired) electrons. The van der Waals surface area contributed by atoms with Gasteiger partial charge in [-0.15, -0.1) is 0 Å². The Bertz CT molecular complexity index is 771. The molecule has 5 nitrogen and oxygen atoms in total. The van der Waals surface area contributed by atoms with Crippen molar-refractivity contribution < 1.29 is 18.3 Å². The first-order chi connectivity index (χ1) is 12.6. The van der Waals surface area contributed by atoms with E-state index in [0.717, 1.165) is 17.0 Å². The van der Waals surface area contributed by atoms with Crippen LogP contribution in [-0.2, 0) is 13.6 Å². The van der Waals surface area contributed by atoms with E-state index in [9.17, 15) is 4.57 Å². The van der Waals surface area contributed by atoms with E-state index in [1.807, 2.05) is 54.6 Å². The number of rotatable bonds is 8. The Kier molecular flexibility index (Phi) is 7.74. The third kappa shape index (κ3) is 5.64. The third-order valence-corrected chi connectivity index (χ3v) is 5.58. The second-order valence-electron chi connectivity index (χ2n) is 5.29. The van der Waals surface area contributed by atoms with Crippen molar-refractivity contribution >= 4 is 13.3 Å². The van der Waals surface area contributed by atoms with Crippen LogP contribution in [0.4, 0.5) is 5.69 Å². The number of hydrogen-bond acceptors (Lipinski definition) is 5. The van der Waals surface area contributed by atoms with Crippen LogP contribution in [0.1, 0.15) is 19.4 Å². The summed E-state index contributed by atoms with van der Waals surface area (Å²) in [6, 6.07) is 16.8. The van der Waals surface area contributed by atoms with Gasteiger partial charge in [-0.25, -0.2) is 0 Å². The topological polar surface area (TPSA) is 56.8 Å². The molecule has 0 saturated carbocycles. The van der Waals surface area contributed by atoms with Gasteiger partial charge in [0, 0.05) is 11.3 Å². The van der Waals surface area contributed by atoms with Gasteiger partial charge in [-0.05, 0) is 50.2 Å². The molecule has 0 heterocycles. The first-order valence-electron chi connectivity index (χ1n) is 8.47. The van der Waals surface area contributed by atoms with Crippen molar-refractivity contribution in [3.05, 3.63) is 60.2 Å². The highest BCUT2D eigenvalue weighted by Crippen LogP contribution is 2.52. The molecule has 0 fully saturated rings. The van der Waals surface area contributed by atoms with Crippen molar-refractivity contribution in [2.45, 2.75) is 19.6 Å². The fourth-order valence-electron chi connectivity index (χ4n) is 2.26. The molecular weight excluding hydrogens is 349 g/mol. The van der Waals surface area contributed by atoms with Crippen LogP contribution >= 0.6 is 7.60 Å². The van der Waals surface area contributed by atoms with E-state index in [2.05, 4.69) is 17.2 Å². The molecule has 1 N–H and O–H groups in total. The summed E-state index contributed by atoms with van der Waals surface area (Å²) in [6.07, 6.45) is 0. The Hall–Kier alpha value is -2.25. The molecule has 0 bridgehead atoms. The summed E-state index contributed by atoms with van der Waals surface area (Å²) >= 11 is 0. The molecule has 0 aromatic heterocycles. The standard InChI is InChI=1S/C20H24NO4P/c1-4-24-26(22,25-5-2)20(16-11-17-9-7-6-8-10-17)21-18-12-14-19(23-3)15-13-18/h6-10,12-15,20-21H,4-5H2,1-3H3. The molecule has 0 amide bonds. The van der Waals surface area contributed by atoms with Crippen molar-refractivity contribution in [2.75, 3.05) is 25.6 Å². The summed E-state index contributed by atoms with van der Waals surface area (Å²) in [7, 11) is -1.86. The first-order valence-corrected chi connectivity index (χ1v) is 10.1. The smallest absolute Gasteiger partial charge is 0.364 e. The highest BCUT2D eigenvalue weighted by Gasteiger charge is 2.34. The molecule has 0 saturated heterocycles. The number of ether oxygens (including phenoxy) is 1. The number of anilines is 1. The summed E-state index contributed by atoms with van der Waals surface area (Å²) in [4.78, 5) is 0. The van der Waals surface area contributed by atoms with Crippen LogP contribution < -0.4 is 10.1 Å². The van der Waals surface area contributed by atoms with E-state index in [1.54, 1.807) is 21.0 Å². The molecule has 26 heavy (non-hydrogen) atoms. The summed E-state index contributed by atoms with van der Waals surface area (Å²) in [5, 5.41) is 3.17. The molecule has 2 aromatic rings. The molecule has 1 unspecified atom stereocenters. The summed E-state index contributed by atoms with van der Waals surface area (Å²) < 4.78 is 29.4. The predicted octanol–water partition coefficient (Wildman–Crippen LogP) is 4.75. The average molecular weight is 373 g/mol. The fraction of sp³-hybridized carbons (Fsp3) is 0.300. The van der Waals surface area contributed by atoms with Gasteiger partial charge in [0.1, 0.15) is 5.75 Å². The van der Waals surface area contributed by atoms with Crippen molar-refractivity contribution in [1.82, 2.24) is 0 Å². The number of nitrogens with one attached hydrogen (secondary N) is 1. The van der Waals surface area contributed by atoms with Gasteiger partial charge in [-0.1, -0.05) is 30.0 Å². The Labute approximate surface area is 155 Å². The highest BCUT2D eigenvalue weighted by atomic mass is 31.2. The fourth-order valence-corrected chi connectivity index (χ4v) is 3.88. The van der Waals surface area contributed by atoms with Crippen LogP contribution in [0.3, 0.4) is 0 Å². The average Bonchev–Trinajstić information content (AvgIpc) is 2.66. The molecule has 2 aromatic carbocycles. The van der Waals surface area contributed by atoms with Gasteiger partial charge in [0.05, 0.1) is 20.3 Å². The van der Waals surface area contributed by atoms with Crippen LogP contribution in [0.15, 0.2) is 54.6 Å². The highest BCUT2D eigenvalue weighted by molar-refractivity contribution is 7.55. The zero-order valence-corrected chi connectivity index (χ0v) is 16.2. The maximum atomic E-state index is 13.2. The maximum absolute atomic E-state index is 13.2. The lowest BCUT2D eigenvalue weighted by Gasteiger charge is -2.24. The van der Waals surface area contributed by atoms with E-state index in [0.29, 0.717) is 0 Å². The Morgan fingerprint density at radius 3 is 2.15 bits per heavy atom. The van der Waals surface area contributed by atoms with Crippen molar-refractivity contribution in [3.63, 3.8) is 0 Å². The van der Waals surface area contributed by atoms with Crippen LogP contribution in [0.5, 0.6) is 5.75 Å². The second-order valence-corrected chi connectivity index (χ2v) is 7.40. The van der Waals surface area contributed by atoms with Crippen molar-refractivity contribution in [3.8, 4) is 17.6 Å². The van der Waals surface area contributed by atoms with E-state index >= 15 is 0 Å². The monoisotopic (exact) mass is 373 g/mol. The van der Waals surface area contributed by atoms with Crippen LogP contribution in [0.25, 0.3) is 0 Å². The predicted molar refractivity (Wildman–Crippen MR) is 105 cm³/mol. The van der Waals surface area contributed by atoms with Gasteiger partial charge in [-0.3, -0.25) is 4.57 Å². The van der Waals surface area contributed by atoms with Gasteiger partial charge < -0.3 is 19.1 Å². The van der Waals surface area contributed by atoms with E-state index < -0.39 is 13.4 Å². The molecule has 0 aliphatic rings. The largest absolute Gasteiger partial charge is 0.497 e. The summed E-state index contributed by atoms with van der Waals surface area (Å²) in [5.74, 6) is 6.00. The Balaban J connectivity index is 2.33. The SMILES string of the molecule is CCOP(=O)(OCC)C(C#Cc1ccccc1)Nc1ccc(OC)cc1. The number of benzene rings is 2. The molecule has 2 rings (SSSR count). The summed E-state index contributed by atoms with van der Waals surface area (Å²) in [6.45, 7) is 4.09. The van der Waals surface area contributed by atoms with Gasteiger partial charge in [0.2, 0.25) is 0 Å². The lowest BCUT2D eigenvalue weighted by atomic mass is 10.2. The summed E-state index contributed by atoms with van der Waals surface area (Å²) in [5.41, 5.74) is 1.58. The molecule has 0 aliphatic heterocycles. The zero-order chi connectivity index (χ0) is 18.8. The minimum absolute atomic E-state index is 0.269. The minimum atomic E-state index is -3.47. The number of hydrogen-bond donors (Lipinski definition) is 1. The second kappa shape index (κ2) is 10.0. The quantitative estimate of drug-likeness (QED) is 0.534. The number of methoxy groups -OCH3 is 1. The first kappa shape index (κ1) is 20.1. The van der Waals surface area contributed by atoms with Gasteiger partial charge in [-0.2, -0.15) is 0 Å². The van der Waals surface area contributed by atoms with E-state index in [1.165, 1.54) is 0 Å². The minimum Gasteiger partial charge on any atom is -0.497 e. The van der Waals surface area contributed by atoms with Gasteiger partial charge in [0.25, 0.3) is 0 Å².